The summed E-state index contributed by atoms with van der Waals surface area (Å²) in [4.78, 5) is 36.5. The number of benzene rings is 2. The lowest BCUT2D eigenvalue weighted by Crippen LogP contribution is -2.55. The minimum absolute atomic E-state index is 0.0797. The summed E-state index contributed by atoms with van der Waals surface area (Å²) in [6.07, 6.45) is 1.31. The van der Waals surface area contributed by atoms with Crippen molar-refractivity contribution in [1.82, 2.24) is 20.2 Å². The number of anilines is 1. The van der Waals surface area contributed by atoms with E-state index in [1.807, 2.05) is 31.2 Å². The maximum Gasteiger partial charge on any atom is 0.251 e. The molecule has 3 unspecified atom stereocenters. The molecule has 194 valence electrons. The number of ether oxygens (including phenoxy) is 2. The number of amides is 2. The number of hydrogen-bond acceptors (Lipinski definition) is 9. The number of aliphatic hydroxyl groups excluding tert-OH is 1. The van der Waals surface area contributed by atoms with Gasteiger partial charge in [-0.25, -0.2) is 9.97 Å². The molecule has 0 saturated carbocycles. The second-order valence-electron chi connectivity index (χ2n) is 9.23. The first-order valence-electron chi connectivity index (χ1n) is 12.1. The van der Waals surface area contributed by atoms with Crippen LogP contribution in [0.4, 0.5) is 5.69 Å². The largest absolute Gasteiger partial charge is 0.497 e. The Hall–Kier alpha value is -3.41. The number of piperidine rings is 1. The van der Waals surface area contributed by atoms with Gasteiger partial charge in [-0.1, -0.05) is 0 Å². The number of likely N-dealkylation sites (tertiary alicyclic amines) is 1. The van der Waals surface area contributed by atoms with Crippen LogP contribution in [0.5, 0.6) is 11.6 Å². The molecule has 1 saturated heterocycles. The molecule has 1 aromatic heterocycles. The molecule has 0 aliphatic carbocycles. The summed E-state index contributed by atoms with van der Waals surface area (Å²) in [6.45, 7) is 3.66. The zero-order chi connectivity index (χ0) is 25.9. The second kappa shape index (κ2) is 10.9. The van der Waals surface area contributed by atoms with Gasteiger partial charge >= 0.3 is 0 Å². The quantitative estimate of drug-likeness (QED) is 0.428. The van der Waals surface area contributed by atoms with Crippen molar-refractivity contribution in [2.75, 3.05) is 37.8 Å². The molecule has 2 amide bonds. The lowest BCUT2D eigenvalue weighted by Gasteiger charge is -2.37. The van der Waals surface area contributed by atoms with Crippen LogP contribution < -0.4 is 20.1 Å². The SMILES string of the molecule is COc1ccc2ncc(OC(C)CN3CCC(NC(=O)c4ccc5c(c4)NC(=O)CS5)C(O)C3)nc2c1. The number of carbonyl (C=O) groups excluding carboxylic acids is 2. The highest BCUT2D eigenvalue weighted by Gasteiger charge is 2.30. The molecule has 0 bridgehead atoms. The summed E-state index contributed by atoms with van der Waals surface area (Å²) >= 11 is 1.45. The Kier molecular flexibility index (Phi) is 7.45. The number of aromatic nitrogens is 2. The number of rotatable bonds is 7. The lowest BCUT2D eigenvalue weighted by molar-refractivity contribution is -0.113. The van der Waals surface area contributed by atoms with Crippen LogP contribution in [-0.4, -0.2) is 82.5 Å². The smallest absolute Gasteiger partial charge is 0.251 e. The lowest BCUT2D eigenvalue weighted by atomic mass is 10.0. The molecule has 2 aliphatic rings. The molecule has 3 atom stereocenters. The zero-order valence-electron chi connectivity index (χ0n) is 20.6. The molecule has 10 nitrogen and oxygen atoms in total. The Morgan fingerprint density at radius 1 is 1.30 bits per heavy atom. The molecule has 0 spiro atoms. The molecule has 2 aromatic carbocycles. The van der Waals surface area contributed by atoms with Crippen molar-refractivity contribution in [2.45, 2.75) is 36.5 Å². The zero-order valence-corrected chi connectivity index (χ0v) is 21.5. The van der Waals surface area contributed by atoms with Gasteiger partial charge in [0.1, 0.15) is 11.9 Å². The summed E-state index contributed by atoms with van der Waals surface area (Å²) in [5.74, 6) is 1.15. The highest BCUT2D eigenvalue weighted by Crippen LogP contribution is 2.32. The van der Waals surface area contributed by atoms with Gasteiger partial charge in [0, 0.05) is 36.2 Å². The number of β-amino-alcohol motifs (C(OH)–C–C–N with tert-alkyl or cyclic N) is 1. The van der Waals surface area contributed by atoms with Crippen LogP contribution in [0.25, 0.3) is 11.0 Å². The van der Waals surface area contributed by atoms with Crippen molar-refractivity contribution >= 4 is 40.3 Å². The summed E-state index contributed by atoms with van der Waals surface area (Å²) in [5.41, 5.74) is 2.55. The number of hydrogen-bond donors (Lipinski definition) is 3. The van der Waals surface area contributed by atoms with Gasteiger partial charge in [-0.3, -0.25) is 14.5 Å². The van der Waals surface area contributed by atoms with Crippen LogP contribution in [0.15, 0.2) is 47.5 Å². The van der Waals surface area contributed by atoms with Gasteiger partial charge in [0.2, 0.25) is 11.8 Å². The third kappa shape index (κ3) is 5.95. The Morgan fingerprint density at radius 3 is 2.97 bits per heavy atom. The van der Waals surface area contributed by atoms with Gasteiger partial charge in [0.25, 0.3) is 5.91 Å². The van der Waals surface area contributed by atoms with E-state index in [9.17, 15) is 14.7 Å². The van der Waals surface area contributed by atoms with Crippen LogP contribution >= 0.6 is 11.8 Å². The first kappa shape index (κ1) is 25.2. The van der Waals surface area contributed by atoms with Crippen LogP contribution in [0.3, 0.4) is 0 Å². The Morgan fingerprint density at radius 2 is 2.16 bits per heavy atom. The Bertz CT molecular complexity index is 1320. The van der Waals surface area contributed by atoms with E-state index in [0.29, 0.717) is 60.2 Å². The molecule has 3 aromatic rings. The standard InChI is InChI=1S/C26H29N5O5S/c1-15(36-25-11-27-18-5-4-17(35-2)10-20(18)29-25)12-31-8-7-19(22(32)13-31)30-26(34)16-3-6-23-21(9-16)28-24(33)14-37-23/h3-6,9-11,15,19,22,32H,7-8,12-14H2,1-2H3,(H,28,33)(H,30,34). The van der Waals surface area contributed by atoms with E-state index in [2.05, 4.69) is 25.5 Å². The molecule has 1 fully saturated rings. The number of aliphatic hydroxyl groups is 1. The summed E-state index contributed by atoms with van der Waals surface area (Å²) in [7, 11) is 1.61. The molecular weight excluding hydrogens is 494 g/mol. The highest BCUT2D eigenvalue weighted by molar-refractivity contribution is 8.00. The number of fused-ring (bicyclic) bond motifs is 2. The number of nitrogens with one attached hydrogen (secondary N) is 2. The van der Waals surface area contributed by atoms with E-state index >= 15 is 0 Å². The topological polar surface area (TPSA) is 126 Å². The number of thioether (sulfide) groups is 1. The fraction of sp³-hybridized carbons (Fsp3) is 0.385. The van der Waals surface area contributed by atoms with Gasteiger partial charge in [-0.15, -0.1) is 11.8 Å². The van der Waals surface area contributed by atoms with Crippen molar-refractivity contribution < 1.29 is 24.2 Å². The van der Waals surface area contributed by atoms with Crippen LogP contribution in [0.2, 0.25) is 0 Å². The van der Waals surface area contributed by atoms with Gasteiger partial charge in [0.15, 0.2) is 0 Å². The maximum atomic E-state index is 12.8. The Labute approximate surface area is 218 Å². The van der Waals surface area contributed by atoms with Crippen molar-refractivity contribution in [3.63, 3.8) is 0 Å². The predicted octanol–water partition coefficient (Wildman–Crippen LogP) is 2.32. The van der Waals surface area contributed by atoms with Crippen LogP contribution in [-0.2, 0) is 4.79 Å². The van der Waals surface area contributed by atoms with Crippen molar-refractivity contribution in [1.29, 1.82) is 0 Å². The fourth-order valence-corrected chi connectivity index (χ4v) is 5.36. The van der Waals surface area contributed by atoms with Gasteiger partial charge in [-0.05, 0) is 43.7 Å². The minimum Gasteiger partial charge on any atom is -0.497 e. The number of carbonyl (C=O) groups is 2. The molecule has 3 N–H and O–H groups in total. The molecular formula is C26H29N5O5S. The van der Waals surface area contributed by atoms with E-state index < -0.39 is 6.10 Å². The van der Waals surface area contributed by atoms with Gasteiger partial charge in [0.05, 0.1) is 47.9 Å². The molecule has 5 rings (SSSR count). The summed E-state index contributed by atoms with van der Waals surface area (Å²) < 4.78 is 11.3. The average molecular weight is 524 g/mol. The fourth-order valence-electron chi connectivity index (χ4n) is 4.57. The molecule has 2 aliphatic heterocycles. The van der Waals surface area contributed by atoms with Crippen molar-refractivity contribution in [2.24, 2.45) is 0 Å². The average Bonchev–Trinajstić information content (AvgIpc) is 2.89. The van der Waals surface area contributed by atoms with Crippen molar-refractivity contribution in [3.05, 3.63) is 48.2 Å². The van der Waals surface area contributed by atoms with Crippen molar-refractivity contribution in [3.8, 4) is 11.6 Å². The van der Waals surface area contributed by atoms with E-state index in [1.165, 1.54) is 11.8 Å². The third-order valence-corrected chi connectivity index (χ3v) is 7.50. The third-order valence-electron chi connectivity index (χ3n) is 6.42. The number of methoxy groups -OCH3 is 1. The Balaban J connectivity index is 1.13. The molecule has 0 radical (unpaired) electrons. The highest BCUT2D eigenvalue weighted by atomic mass is 32.2. The van der Waals surface area contributed by atoms with Gasteiger partial charge < -0.3 is 25.2 Å². The van der Waals surface area contributed by atoms with Crippen LogP contribution in [0.1, 0.15) is 23.7 Å². The predicted molar refractivity (Wildman–Crippen MR) is 140 cm³/mol. The minimum atomic E-state index is -0.717. The van der Waals surface area contributed by atoms with E-state index in [1.54, 1.807) is 25.4 Å². The summed E-state index contributed by atoms with van der Waals surface area (Å²) in [6, 6.07) is 10.4. The summed E-state index contributed by atoms with van der Waals surface area (Å²) in [5, 5.41) is 16.5. The van der Waals surface area contributed by atoms with E-state index in [0.717, 1.165) is 10.4 Å². The molecule has 11 heteroatoms. The normalized spacial score (nSPS) is 20.6. The number of nitrogens with zero attached hydrogens (tertiary/aromatic N) is 3. The monoisotopic (exact) mass is 523 g/mol. The van der Waals surface area contributed by atoms with Gasteiger partial charge in [-0.2, -0.15) is 0 Å². The second-order valence-corrected chi connectivity index (χ2v) is 10.3. The van der Waals surface area contributed by atoms with Crippen LogP contribution in [0, 0.1) is 0 Å². The van der Waals surface area contributed by atoms with E-state index in [4.69, 9.17) is 9.47 Å². The first-order valence-corrected chi connectivity index (χ1v) is 13.1. The molecule has 37 heavy (non-hydrogen) atoms. The first-order chi connectivity index (χ1) is 17.9. The van der Waals surface area contributed by atoms with E-state index in [-0.39, 0.29) is 24.0 Å². The maximum absolute atomic E-state index is 12.8. The molecule has 3 heterocycles.